The number of sulfone groups is 1. The van der Waals surface area contributed by atoms with E-state index in [2.05, 4.69) is 9.97 Å². The second-order valence-electron chi connectivity index (χ2n) is 3.85. The zero-order valence-corrected chi connectivity index (χ0v) is 12.3. The fraction of sp³-hybridized carbons (Fsp3) is 0.600. The molecule has 5 nitrogen and oxygen atoms in total. The third-order valence-corrected chi connectivity index (χ3v) is 6.36. The van der Waals surface area contributed by atoms with Gasteiger partial charge >= 0.3 is 0 Å². The Morgan fingerprint density at radius 2 is 2.22 bits per heavy atom. The van der Waals surface area contributed by atoms with E-state index in [1.807, 2.05) is 0 Å². The molecule has 1 unspecified atom stereocenters. The molecule has 100 valence electrons. The molecule has 0 N–H and O–H groups in total. The molecule has 1 aliphatic rings. The van der Waals surface area contributed by atoms with Gasteiger partial charge in [-0.3, -0.25) is 0 Å². The van der Waals surface area contributed by atoms with E-state index < -0.39 is 15.2 Å². The molecule has 1 saturated heterocycles. The van der Waals surface area contributed by atoms with Crippen LogP contribution in [0.25, 0.3) is 0 Å². The predicted molar refractivity (Wildman–Crippen MR) is 75.0 cm³/mol. The number of thioether (sulfide) groups is 1. The van der Waals surface area contributed by atoms with Crippen molar-refractivity contribution in [3.63, 3.8) is 0 Å². The Bertz CT molecular complexity index is 524. The first-order valence-corrected chi connectivity index (χ1v) is 8.83. The molecule has 1 aromatic heterocycles. The average molecular weight is 308 g/mol. The molecular formula is C10H14ClN3O2S2. The minimum Gasteiger partial charge on any atom is -0.336 e. The lowest BCUT2D eigenvalue weighted by atomic mass is 10.4. The maximum absolute atomic E-state index is 12.1. The van der Waals surface area contributed by atoms with Gasteiger partial charge in [-0.1, -0.05) is 18.5 Å². The Labute approximate surface area is 116 Å². The van der Waals surface area contributed by atoms with E-state index in [0.717, 1.165) is 5.75 Å². The van der Waals surface area contributed by atoms with Gasteiger partial charge in [0.1, 0.15) is 5.37 Å². The van der Waals surface area contributed by atoms with Crippen LogP contribution in [0.5, 0.6) is 0 Å². The number of aromatic nitrogens is 2. The van der Waals surface area contributed by atoms with Gasteiger partial charge in [0.05, 0.1) is 0 Å². The molecule has 2 rings (SSSR count). The zero-order valence-electron chi connectivity index (χ0n) is 9.91. The second kappa shape index (κ2) is 5.63. The van der Waals surface area contributed by atoms with Crippen LogP contribution in [0.2, 0.25) is 5.15 Å². The first-order valence-electron chi connectivity index (χ1n) is 5.58. The molecule has 8 heteroatoms. The number of hydrogen-bond donors (Lipinski definition) is 0. The Morgan fingerprint density at radius 1 is 1.50 bits per heavy atom. The quantitative estimate of drug-likeness (QED) is 0.842. The molecule has 1 aliphatic heterocycles. The topological polar surface area (TPSA) is 63.2 Å². The summed E-state index contributed by atoms with van der Waals surface area (Å²) >= 11 is 7.64. The minimum absolute atomic E-state index is 0.118. The van der Waals surface area contributed by atoms with Crippen LogP contribution in [0.15, 0.2) is 12.4 Å². The standard InChI is InChI=1S/C10H14ClN3O2S2/c1-2-18(15,16)8-7-17-6-5-14(8)10-9(11)12-3-4-13-10/h3-4,8H,2,5-7H2,1H3. The van der Waals surface area contributed by atoms with Crippen molar-refractivity contribution in [2.24, 2.45) is 0 Å². The Hall–Kier alpha value is -0.530. The SMILES string of the molecule is CCS(=O)(=O)C1CSCCN1c1nccnc1Cl. The van der Waals surface area contributed by atoms with E-state index in [4.69, 9.17) is 11.6 Å². The van der Waals surface area contributed by atoms with Crippen molar-refractivity contribution in [1.82, 2.24) is 9.97 Å². The Kier molecular flexibility index (Phi) is 4.34. The number of rotatable bonds is 3. The predicted octanol–water partition coefficient (Wildman–Crippen LogP) is 1.44. The summed E-state index contributed by atoms with van der Waals surface area (Å²) in [6.07, 6.45) is 3.02. The van der Waals surface area contributed by atoms with Gasteiger partial charge in [-0.2, -0.15) is 11.8 Å². The van der Waals surface area contributed by atoms with Crippen LogP contribution in [0.4, 0.5) is 5.82 Å². The summed E-state index contributed by atoms with van der Waals surface area (Å²) in [6, 6.07) is 0. The van der Waals surface area contributed by atoms with Gasteiger partial charge in [0.15, 0.2) is 20.8 Å². The fourth-order valence-corrected chi connectivity index (χ4v) is 5.00. The molecule has 0 bridgehead atoms. The van der Waals surface area contributed by atoms with E-state index >= 15 is 0 Å². The number of nitrogens with zero attached hydrogens (tertiary/aromatic N) is 3. The van der Waals surface area contributed by atoms with Crippen molar-refractivity contribution in [1.29, 1.82) is 0 Å². The van der Waals surface area contributed by atoms with Crippen LogP contribution >= 0.6 is 23.4 Å². The van der Waals surface area contributed by atoms with Gasteiger partial charge in [0.2, 0.25) is 0 Å². The number of hydrogen-bond acceptors (Lipinski definition) is 6. The van der Waals surface area contributed by atoms with Crippen LogP contribution in [0, 0.1) is 0 Å². The van der Waals surface area contributed by atoms with Crippen LogP contribution in [-0.4, -0.2) is 47.6 Å². The molecule has 0 spiro atoms. The highest BCUT2D eigenvalue weighted by Crippen LogP contribution is 2.29. The zero-order chi connectivity index (χ0) is 13.2. The molecule has 0 aromatic carbocycles. The fourth-order valence-electron chi connectivity index (χ4n) is 1.82. The molecule has 2 heterocycles. The van der Waals surface area contributed by atoms with Crippen molar-refractivity contribution < 1.29 is 8.42 Å². The van der Waals surface area contributed by atoms with Crippen LogP contribution in [-0.2, 0) is 9.84 Å². The Morgan fingerprint density at radius 3 is 2.89 bits per heavy atom. The summed E-state index contributed by atoms with van der Waals surface area (Å²) in [5.74, 6) is 1.99. The van der Waals surface area contributed by atoms with Gasteiger partial charge in [0.25, 0.3) is 0 Å². The smallest absolute Gasteiger partial charge is 0.171 e. The molecule has 1 fully saturated rings. The maximum atomic E-state index is 12.1. The van der Waals surface area contributed by atoms with Crippen LogP contribution < -0.4 is 4.90 Å². The highest BCUT2D eigenvalue weighted by Gasteiger charge is 2.34. The van der Waals surface area contributed by atoms with Crippen molar-refractivity contribution in [2.75, 3.05) is 28.7 Å². The van der Waals surface area contributed by atoms with Crippen molar-refractivity contribution in [2.45, 2.75) is 12.3 Å². The molecule has 0 amide bonds. The van der Waals surface area contributed by atoms with Crippen LogP contribution in [0.3, 0.4) is 0 Å². The third kappa shape index (κ3) is 2.73. The highest BCUT2D eigenvalue weighted by molar-refractivity contribution is 8.01. The molecular weight excluding hydrogens is 294 g/mol. The molecule has 0 aliphatic carbocycles. The lowest BCUT2D eigenvalue weighted by molar-refractivity contribution is 0.578. The second-order valence-corrected chi connectivity index (χ2v) is 7.80. The number of anilines is 1. The summed E-state index contributed by atoms with van der Waals surface area (Å²) in [6.45, 7) is 2.28. The normalized spacial score (nSPS) is 21.0. The largest absolute Gasteiger partial charge is 0.336 e. The lowest BCUT2D eigenvalue weighted by Crippen LogP contribution is -2.48. The molecule has 18 heavy (non-hydrogen) atoms. The molecule has 0 saturated carbocycles. The van der Waals surface area contributed by atoms with Crippen molar-refractivity contribution in [3.8, 4) is 0 Å². The molecule has 1 aromatic rings. The van der Waals surface area contributed by atoms with Gasteiger partial charge in [-0.05, 0) is 0 Å². The van der Waals surface area contributed by atoms with E-state index in [1.54, 1.807) is 23.6 Å². The van der Waals surface area contributed by atoms with E-state index in [0.29, 0.717) is 18.1 Å². The highest BCUT2D eigenvalue weighted by atomic mass is 35.5. The van der Waals surface area contributed by atoms with Gasteiger partial charge in [0, 0.05) is 36.2 Å². The van der Waals surface area contributed by atoms with Crippen molar-refractivity contribution >= 4 is 39.0 Å². The lowest BCUT2D eigenvalue weighted by Gasteiger charge is -2.35. The first kappa shape index (κ1) is 13.9. The summed E-state index contributed by atoms with van der Waals surface area (Å²) in [5.41, 5.74) is 0. The van der Waals surface area contributed by atoms with Crippen LogP contribution in [0.1, 0.15) is 6.92 Å². The van der Waals surface area contributed by atoms with E-state index in [1.165, 1.54) is 12.4 Å². The summed E-state index contributed by atoms with van der Waals surface area (Å²) in [4.78, 5) is 9.87. The van der Waals surface area contributed by atoms with Gasteiger partial charge in [-0.25, -0.2) is 18.4 Å². The molecule has 0 radical (unpaired) electrons. The first-order chi connectivity index (χ1) is 8.56. The monoisotopic (exact) mass is 307 g/mol. The number of halogens is 1. The van der Waals surface area contributed by atoms with Gasteiger partial charge in [-0.15, -0.1) is 0 Å². The van der Waals surface area contributed by atoms with E-state index in [9.17, 15) is 8.42 Å². The Balaban J connectivity index is 2.38. The summed E-state index contributed by atoms with van der Waals surface area (Å²) in [7, 11) is -3.16. The average Bonchev–Trinajstić information content (AvgIpc) is 2.39. The summed E-state index contributed by atoms with van der Waals surface area (Å²) in [5, 5.41) is -0.309. The summed E-state index contributed by atoms with van der Waals surface area (Å²) < 4.78 is 24.2. The maximum Gasteiger partial charge on any atom is 0.171 e. The van der Waals surface area contributed by atoms with Crippen molar-refractivity contribution in [3.05, 3.63) is 17.5 Å². The minimum atomic E-state index is -3.16. The third-order valence-electron chi connectivity index (χ3n) is 2.81. The van der Waals surface area contributed by atoms with E-state index in [-0.39, 0.29) is 10.9 Å². The molecule has 1 atom stereocenters. The van der Waals surface area contributed by atoms with Gasteiger partial charge < -0.3 is 4.90 Å².